The molecule has 1 aliphatic rings. The Balaban J connectivity index is 1.75. The molecule has 5 nitrogen and oxygen atoms in total. The molecule has 1 saturated carbocycles. The molecule has 0 radical (unpaired) electrons. The van der Waals surface area contributed by atoms with Crippen molar-refractivity contribution in [3.63, 3.8) is 0 Å². The van der Waals surface area contributed by atoms with Gasteiger partial charge >= 0.3 is 0 Å². The molecule has 0 atom stereocenters. The first-order valence-electron chi connectivity index (χ1n) is 7.12. The molecule has 1 aliphatic carbocycles. The zero-order valence-electron chi connectivity index (χ0n) is 11.9. The molecule has 5 heteroatoms. The van der Waals surface area contributed by atoms with Crippen LogP contribution in [0.4, 0.5) is 17.5 Å². The van der Waals surface area contributed by atoms with Gasteiger partial charge in [-0.2, -0.15) is 10.2 Å². The van der Waals surface area contributed by atoms with Gasteiger partial charge < -0.3 is 10.6 Å². The fourth-order valence-electron chi connectivity index (χ4n) is 2.15. The molecule has 0 saturated heterocycles. The number of anilines is 3. The second-order valence-corrected chi connectivity index (χ2v) is 5.31. The van der Waals surface area contributed by atoms with Crippen LogP contribution in [-0.2, 0) is 0 Å². The highest BCUT2D eigenvalue weighted by molar-refractivity contribution is 5.57. The third-order valence-corrected chi connectivity index (χ3v) is 3.69. The zero-order valence-corrected chi connectivity index (χ0v) is 11.9. The van der Waals surface area contributed by atoms with Gasteiger partial charge in [0.2, 0.25) is 5.95 Å². The summed E-state index contributed by atoms with van der Waals surface area (Å²) in [6, 6.07) is 9.87. The van der Waals surface area contributed by atoms with Crippen LogP contribution >= 0.6 is 0 Å². The quantitative estimate of drug-likeness (QED) is 0.897. The highest BCUT2D eigenvalue weighted by Crippen LogP contribution is 2.24. The van der Waals surface area contributed by atoms with Crippen molar-refractivity contribution >= 4 is 17.5 Å². The van der Waals surface area contributed by atoms with Gasteiger partial charge in [-0.1, -0.05) is 0 Å². The van der Waals surface area contributed by atoms with E-state index in [1.165, 1.54) is 19.3 Å². The van der Waals surface area contributed by atoms with E-state index in [-0.39, 0.29) is 0 Å². The summed E-state index contributed by atoms with van der Waals surface area (Å²) in [5.74, 6) is 1.46. The van der Waals surface area contributed by atoms with Crippen molar-refractivity contribution in [2.45, 2.75) is 32.2 Å². The van der Waals surface area contributed by atoms with Gasteiger partial charge in [0.1, 0.15) is 5.82 Å². The van der Waals surface area contributed by atoms with E-state index in [1.54, 1.807) is 12.1 Å². The Kier molecular flexibility index (Phi) is 3.69. The molecular weight excluding hydrogens is 262 g/mol. The van der Waals surface area contributed by atoms with Crippen LogP contribution in [0.1, 0.15) is 30.4 Å². The number of aromatic nitrogens is 2. The average molecular weight is 279 g/mol. The van der Waals surface area contributed by atoms with E-state index in [2.05, 4.69) is 26.7 Å². The molecule has 2 aromatic rings. The maximum Gasteiger partial charge on any atom is 0.229 e. The molecule has 2 N–H and O–H groups in total. The largest absolute Gasteiger partial charge is 0.367 e. The van der Waals surface area contributed by atoms with Crippen molar-refractivity contribution < 1.29 is 0 Å². The summed E-state index contributed by atoms with van der Waals surface area (Å²) >= 11 is 0. The molecule has 1 heterocycles. The minimum atomic E-state index is 0.543. The van der Waals surface area contributed by atoms with Gasteiger partial charge in [-0.05, 0) is 50.5 Å². The maximum atomic E-state index is 8.79. The number of hydrogen-bond donors (Lipinski definition) is 2. The van der Waals surface area contributed by atoms with Crippen LogP contribution in [0.5, 0.6) is 0 Å². The minimum Gasteiger partial charge on any atom is -0.367 e. The van der Waals surface area contributed by atoms with Crippen molar-refractivity contribution in [1.29, 1.82) is 5.26 Å². The molecule has 106 valence electrons. The maximum absolute atomic E-state index is 8.79. The molecule has 3 rings (SSSR count). The van der Waals surface area contributed by atoms with E-state index in [0.29, 0.717) is 17.6 Å². The average Bonchev–Trinajstić information content (AvgIpc) is 2.46. The fraction of sp³-hybridized carbons (Fsp3) is 0.312. The Hall–Kier alpha value is -2.61. The summed E-state index contributed by atoms with van der Waals surface area (Å²) < 4.78 is 0. The smallest absolute Gasteiger partial charge is 0.229 e. The Morgan fingerprint density at radius 1 is 1.24 bits per heavy atom. The van der Waals surface area contributed by atoms with Crippen LogP contribution in [-0.4, -0.2) is 16.0 Å². The Bertz CT molecular complexity index is 668. The van der Waals surface area contributed by atoms with E-state index in [9.17, 15) is 0 Å². The molecule has 0 unspecified atom stereocenters. The highest BCUT2D eigenvalue weighted by atomic mass is 15.1. The van der Waals surface area contributed by atoms with Gasteiger partial charge in [0, 0.05) is 23.5 Å². The lowest BCUT2D eigenvalue weighted by molar-refractivity contribution is 0.444. The molecule has 0 amide bonds. The van der Waals surface area contributed by atoms with E-state index in [0.717, 1.165) is 17.1 Å². The van der Waals surface area contributed by atoms with Crippen LogP contribution in [0.3, 0.4) is 0 Å². The molecule has 0 aliphatic heterocycles. The summed E-state index contributed by atoms with van der Waals surface area (Å²) in [7, 11) is 0. The second kappa shape index (κ2) is 5.80. The first kappa shape index (κ1) is 13.4. The van der Waals surface area contributed by atoms with Gasteiger partial charge in [-0.3, -0.25) is 0 Å². The van der Waals surface area contributed by atoms with E-state index >= 15 is 0 Å². The minimum absolute atomic E-state index is 0.543. The normalized spacial score (nSPS) is 14.1. The molecule has 1 aromatic heterocycles. The molecule has 21 heavy (non-hydrogen) atoms. The lowest BCUT2D eigenvalue weighted by Gasteiger charge is -2.27. The Morgan fingerprint density at radius 3 is 2.62 bits per heavy atom. The first-order chi connectivity index (χ1) is 10.2. The summed E-state index contributed by atoms with van der Waals surface area (Å²) in [6.45, 7) is 2.01. The van der Waals surface area contributed by atoms with Crippen molar-refractivity contribution in [3.8, 4) is 6.07 Å². The van der Waals surface area contributed by atoms with Gasteiger partial charge in [0.05, 0.1) is 11.6 Å². The molecule has 0 bridgehead atoms. The third-order valence-electron chi connectivity index (χ3n) is 3.69. The molecule has 1 aromatic carbocycles. The Labute approximate surface area is 124 Å². The summed E-state index contributed by atoms with van der Waals surface area (Å²) in [4.78, 5) is 8.83. The topological polar surface area (TPSA) is 73.6 Å². The second-order valence-electron chi connectivity index (χ2n) is 5.31. The van der Waals surface area contributed by atoms with E-state index < -0.39 is 0 Å². The van der Waals surface area contributed by atoms with Crippen LogP contribution in [0.2, 0.25) is 0 Å². The standard InChI is InChI=1S/C16H17N5/c1-11-10-18-16(21-15(11)19-13-3-2-4-13)20-14-7-5-12(9-17)6-8-14/h5-8,10,13H,2-4H2,1H3,(H2,18,19,20,21). The van der Waals surface area contributed by atoms with Crippen molar-refractivity contribution in [2.24, 2.45) is 0 Å². The predicted octanol–water partition coefficient (Wildman–Crippen LogP) is 3.36. The number of nitrogens with one attached hydrogen (secondary N) is 2. The third kappa shape index (κ3) is 3.11. The lowest BCUT2D eigenvalue weighted by atomic mass is 9.93. The number of nitrogens with zero attached hydrogens (tertiary/aromatic N) is 3. The number of benzene rings is 1. The summed E-state index contributed by atoms with van der Waals surface area (Å²) in [5, 5.41) is 15.4. The van der Waals surface area contributed by atoms with Crippen LogP contribution in [0.25, 0.3) is 0 Å². The molecular formula is C16H17N5. The zero-order chi connectivity index (χ0) is 14.7. The van der Waals surface area contributed by atoms with Gasteiger partial charge in [-0.25, -0.2) is 4.98 Å². The van der Waals surface area contributed by atoms with Gasteiger partial charge in [0.15, 0.2) is 0 Å². The van der Waals surface area contributed by atoms with E-state index in [4.69, 9.17) is 5.26 Å². The Morgan fingerprint density at radius 2 is 2.00 bits per heavy atom. The predicted molar refractivity (Wildman–Crippen MR) is 82.5 cm³/mol. The van der Waals surface area contributed by atoms with Gasteiger partial charge in [0.25, 0.3) is 0 Å². The highest BCUT2D eigenvalue weighted by Gasteiger charge is 2.18. The summed E-state index contributed by atoms with van der Waals surface area (Å²) in [5.41, 5.74) is 2.55. The number of nitriles is 1. The molecule has 1 fully saturated rings. The number of aryl methyl sites for hydroxylation is 1. The van der Waals surface area contributed by atoms with Crippen molar-refractivity contribution in [3.05, 3.63) is 41.6 Å². The van der Waals surface area contributed by atoms with Crippen molar-refractivity contribution in [2.75, 3.05) is 10.6 Å². The first-order valence-corrected chi connectivity index (χ1v) is 7.12. The van der Waals surface area contributed by atoms with Crippen LogP contribution < -0.4 is 10.6 Å². The van der Waals surface area contributed by atoms with Crippen LogP contribution in [0.15, 0.2) is 30.5 Å². The van der Waals surface area contributed by atoms with E-state index in [1.807, 2.05) is 25.3 Å². The number of hydrogen-bond acceptors (Lipinski definition) is 5. The fourth-order valence-corrected chi connectivity index (χ4v) is 2.15. The van der Waals surface area contributed by atoms with Crippen LogP contribution in [0, 0.1) is 18.3 Å². The lowest BCUT2D eigenvalue weighted by Crippen LogP contribution is -2.28. The number of rotatable bonds is 4. The SMILES string of the molecule is Cc1cnc(Nc2ccc(C#N)cc2)nc1NC1CCC1. The van der Waals surface area contributed by atoms with Gasteiger partial charge in [-0.15, -0.1) is 0 Å². The monoisotopic (exact) mass is 279 g/mol. The molecule has 0 spiro atoms. The van der Waals surface area contributed by atoms with Crippen molar-refractivity contribution in [1.82, 2.24) is 9.97 Å². The summed E-state index contributed by atoms with van der Waals surface area (Å²) in [6.07, 6.45) is 5.53.